The quantitative estimate of drug-likeness (QED) is 0.878. The maximum atomic E-state index is 12.3. The van der Waals surface area contributed by atoms with E-state index in [9.17, 15) is 8.42 Å². The molecule has 0 aliphatic heterocycles. The molecule has 116 valence electrons. The highest BCUT2D eigenvalue weighted by molar-refractivity contribution is 7.89. The standard InChI is InChI=1S/C13H20N4O3S/c1-5-17-13(6-10(4)15-17)21(18,19)14-8-11-7-12(9(2)3)20-16-11/h6-7,9,14H,5,8H2,1-4H3. The van der Waals surface area contributed by atoms with E-state index in [2.05, 4.69) is 15.0 Å². The van der Waals surface area contributed by atoms with Crippen molar-refractivity contribution in [2.24, 2.45) is 0 Å². The van der Waals surface area contributed by atoms with Crippen LogP contribution in [0.3, 0.4) is 0 Å². The second-order valence-corrected chi connectivity index (χ2v) is 6.85. The van der Waals surface area contributed by atoms with E-state index in [0.29, 0.717) is 17.9 Å². The molecule has 8 heteroatoms. The van der Waals surface area contributed by atoms with E-state index in [0.717, 1.165) is 5.76 Å². The van der Waals surface area contributed by atoms with Gasteiger partial charge in [0.1, 0.15) is 5.76 Å². The Balaban J connectivity index is 2.13. The Bertz CT molecular complexity index is 716. The predicted octanol–water partition coefficient (Wildman–Crippen LogP) is 1.80. The zero-order valence-electron chi connectivity index (χ0n) is 12.6. The summed E-state index contributed by atoms with van der Waals surface area (Å²) in [5.41, 5.74) is 1.22. The van der Waals surface area contributed by atoms with Crippen molar-refractivity contribution in [1.82, 2.24) is 19.7 Å². The van der Waals surface area contributed by atoms with Gasteiger partial charge >= 0.3 is 0 Å². The summed E-state index contributed by atoms with van der Waals surface area (Å²) in [6.45, 7) is 8.15. The third-order valence-electron chi connectivity index (χ3n) is 3.03. The molecule has 0 atom stereocenters. The van der Waals surface area contributed by atoms with Crippen molar-refractivity contribution < 1.29 is 12.9 Å². The molecule has 0 fully saturated rings. The van der Waals surface area contributed by atoms with Crippen molar-refractivity contribution in [2.75, 3.05) is 0 Å². The Kier molecular flexibility index (Phi) is 4.48. The average Bonchev–Trinajstić information content (AvgIpc) is 3.03. The molecule has 0 amide bonds. The highest BCUT2D eigenvalue weighted by Crippen LogP contribution is 2.16. The van der Waals surface area contributed by atoms with Gasteiger partial charge in [0.05, 0.1) is 17.9 Å². The van der Waals surface area contributed by atoms with E-state index >= 15 is 0 Å². The lowest BCUT2D eigenvalue weighted by Gasteiger charge is -2.06. The van der Waals surface area contributed by atoms with E-state index in [-0.39, 0.29) is 17.5 Å². The number of nitrogens with zero attached hydrogens (tertiary/aromatic N) is 3. The minimum atomic E-state index is -3.62. The number of hydrogen-bond donors (Lipinski definition) is 1. The maximum Gasteiger partial charge on any atom is 0.258 e. The van der Waals surface area contributed by atoms with Crippen molar-refractivity contribution in [3.8, 4) is 0 Å². The molecule has 0 aliphatic carbocycles. The summed E-state index contributed by atoms with van der Waals surface area (Å²) in [4.78, 5) is 0. The van der Waals surface area contributed by atoms with Crippen molar-refractivity contribution in [2.45, 2.75) is 51.7 Å². The van der Waals surface area contributed by atoms with Gasteiger partial charge in [-0.1, -0.05) is 19.0 Å². The molecule has 2 aromatic rings. The predicted molar refractivity (Wildman–Crippen MR) is 77.3 cm³/mol. The topological polar surface area (TPSA) is 90.0 Å². The molecule has 0 saturated carbocycles. The maximum absolute atomic E-state index is 12.3. The molecule has 0 aliphatic rings. The van der Waals surface area contributed by atoms with E-state index in [1.807, 2.05) is 20.8 Å². The summed E-state index contributed by atoms with van der Waals surface area (Å²) < 4.78 is 33.7. The van der Waals surface area contributed by atoms with Crippen LogP contribution in [0.2, 0.25) is 0 Å². The van der Waals surface area contributed by atoms with E-state index in [1.165, 1.54) is 4.68 Å². The monoisotopic (exact) mass is 312 g/mol. The van der Waals surface area contributed by atoms with Crippen LogP contribution in [0.4, 0.5) is 0 Å². The molecule has 2 aromatic heterocycles. The first-order chi connectivity index (χ1) is 9.83. The molecule has 1 N–H and O–H groups in total. The fourth-order valence-electron chi connectivity index (χ4n) is 1.89. The summed E-state index contributed by atoms with van der Waals surface area (Å²) in [7, 11) is -3.62. The molecule has 7 nitrogen and oxygen atoms in total. The van der Waals surface area contributed by atoms with Crippen molar-refractivity contribution in [3.05, 3.63) is 29.3 Å². The minimum absolute atomic E-state index is 0.0898. The SMILES string of the molecule is CCn1nc(C)cc1S(=O)(=O)NCc1cc(C(C)C)on1. The Labute approximate surface area is 124 Å². The lowest BCUT2D eigenvalue weighted by molar-refractivity contribution is 0.365. The molecular weight excluding hydrogens is 292 g/mol. The molecule has 0 spiro atoms. The molecule has 2 rings (SSSR count). The fourth-order valence-corrected chi connectivity index (χ4v) is 3.15. The van der Waals surface area contributed by atoms with Crippen molar-refractivity contribution >= 4 is 10.0 Å². The summed E-state index contributed by atoms with van der Waals surface area (Å²) in [5.74, 6) is 0.950. The number of rotatable bonds is 6. The average molecular weight is 312 g/mol. The van der Waals surface area contributed by atoms with E-state index < -0.39 is 10.0 Å². The van der Waals surface area contributed by atoms with Crippen LogP contribution in [0.25, 0.3) is 0 Å². The van der Waals surface area contributed by atoms with Gasteiger partial charge in [-0.2, -0.15) is 5.10 Å². The van der Waals surface area contributed by atoms with Crippen LogP contribution in [0.15, 0.2) is 21.7 Å². The summed E-state index contributed by atoms with van der Waals surface area (Å²) in [6.07, 6.45) is 0. The van der Waals surface area contributed by atoms with Crippen LogP contribution in [0, 0.1) is 6.92 Å². The Morgan fingerprint density at radius 2 is 2.10 bits per heavy atom. The largest absolute Gasteiger partial charge is 0.361 e. The molecule has 21 heavy (non-hydrogen) atoms. The fraction of sp³-hybridized carbons (Fsp3) is 0.538. The van der Waals surface area contributed by atoms with Crippen LogP contribution in [-0.2, 0) is 23.1 Å². The van der Waals surface area contributed by atoms with Crippen LogP contribution in [-0.4, -0.2) is 23.4 Å². The normalized spacial score (nSPS) is 12.2. The van der Waals surface area contributed by atoms with Gasteiger partial charge in [-0.25, -0.2) is 13.1 Å². The Morgan fingerprint density at radius 1 is 1.38 bits per heavy atom. The number of aromatic nitrogens is 3. The van der Waals surface area contributed by atoms with Crippen molar-refractivity contribution in [3.63, 3.8) is 0 Å². The number of sulfonamides is 1. The molecule has 2 heterocycles. The van der Waals surface area contributed by atoms with Gasteiger partial charge in [0.25, 0.3) is 10.0 Å². The second kappa shape index (κ2) is 5.98. The van der Waals surface area contributed by atoms with Gasteiger partial charge in [0.2, 0.25) is 0 Å². The zero-order chi connectivity index (χ0) is 15.6. The van der Waals surface area contributed by atoms with E-state index in [1.54, 1.807) is 19.1 Å². The number of hydrogen-bond acceptors (Lipinski definition) is 5. The number of aryl methyl sites for hydroxylation is 2. The second-order valence-electron chi connectivity index (χ2n) is 5.14. The van der Waals surface area contributed by atoms with Crippen LogP contribution < -0.4 is 4.72 Å². The Hall–Kier alpha value is -1.67. The lowest BCUT2D eigenvalue weighted by atomic mass is 10.1. The molecule has 0 radical (unpaired) electrons. The zero-order valence-corrected chi connectivity index (χ0v) is 13.4. The van der Waals surface area contributed by atoms with Crippen molar-refractivity contribution in [1.29, 1.82) is 0 Å². The van der Waals surface area contributed by atoms with Gasteiger partial charge in [0, 0.05) is 18.5 Å². The molecule has 0 aromatic carbocycles. The van der Waals surface area contributed by atoms with Crippen LogP contribution in [0.1, 0.15) is 43.8 Å². The summed E-state index contributed by atoms with van der Waals surface area (Å²) in [5, 5.41) is 8.16. The number of nitrogens with one attached hydrogen (secondary N) is 1. The third-order valence-corrected chi connectivity index (χ3v) is 4.43. The van der Waals surface area contributed by atoms with E-state index in [4.69, 9.17) is 4.52 Å². The van der Waals surface area contributed by atoms with Crippen LogP contribution in [0.5, 0.6) is 0 Å². The van der Waals surface area contributed by atoms with Gasteiger partial charge in [-0.05, 0) is 19.9 Å². The third kappa shape index (κ3) is 3.51. The molecule has 0 unspecified atom stereocenters. The van der Waals surface area contributed by atoms with Gasteiger partial charge in [-0.15, -0.1) is 0 Å². The first-order valence-electron chi connectivity index (χ1n) is 6.83. The highest BCUT2D eigenvalue weighted by atomic mass is 32.2. The molecule has 0 bridgehead atoms. The molecular formula is C13H20N4O3S. The smallest absolute Gasteiger partial charge is 0.258 e. The summed E-state index contributed by atoms with van der Waals surface area (Å²) >= 11 is 0. The molecule has 0 saturated heterocycles. The lowest BCUT2D eigenvalue weighted by Crippen LogP contribution is -2.26. The van der Waals surface area contributed by atoms with Crippen LogP contribution >= 0.6 is 0 Å². The minimum Gasteiger partial charge on any atom is -0.361 e. The summed E-state index contributed by atoms with van der Waals surface area (Å²) in [6, 6.07) is 3.31. The van der Waals surface area contributed by atoms with Gasteiger partial charge in [-0.3, -0.25) is 4.68 Å². The first-order valence-corrected chi connectivity index (χ1v) is 8.31. The van der Waals surface area contributed by atoms with Gasteiger partial charge in [0.15, 0.2) is 5.03 Å². The first kappa shape index (κ1) is 15.7. The highest BCUT2D eigenvalue weighted by Gasteiger charge is 2.20. The van der Waals surface area contributed by atoms with Gasteiger partial charge < -0.3 is 4.52 Å². The Morgan fingerprint density at radius 3 is 2.67 bits per heavy atom.